The molecule has 0 radical (unpaired) electrons. The van der Waals surface area contributed by atoms with Crippen LogP contribution in [0.15, 0.2) is 48.5 Å². The Hall–Kier alpha value is -2.07. The first-order valence-electron chi connectivity index (χ1n) is 7.99. The summed E-state index contributed by atoms with van der Waals surface area (Å²) < 4.78 is 5.51. The third kappa shape index (κ3) is 5.25. The fraction of sp³-hybridized carbons (Fsp3) is 0.316. The van der Waals surface area contributed by atoms with Crippen LogP contribution in [0.4, 0.5) is 5.69 Å². The monoisotopic (exact) mass is 328 g/mol. The zero-order valence-electron chi connectivity index (χ0n) is 13.9. The summed E-state index contributed by atoms with van der Waals surface area (Å²) in [5, 5.41) is 7.23. The molecule has 0 heterocycles. The molecule has 2 rings (SSSR count). The first-order valence-corrected chi connectivity index (χ1v) is 8.40. The molecule has 0 aliphatic heterocycles. The van der Waals surface area contributed by atoms with Crippen molar-refractivity contribution in [1.82, 2.24) is 5.32 Å². The Morgan fingerprint density at radius 1 is 1.13 bits per heavy atom. The Labute approximate surface area is 144 Å². The van der Waals surface area contributed by atoms with E-state index in [4.69, 9.17) is 17.0 Å². The SMILES string of the molecule is CCOc1cccc(NC(=S)N[C@H](CC)c2ccc(C)cc2)c1. The summed E-state index contributed by atoms with van der Waals surface area (Å²) in [6, 6.07) is 16.6. The Morgan fingerprint density at radius 2 is 1.87 bits per heavy atom. The average molecular weight is 328 g/mol. The third-order valence-corrected chi connectivity index (χ3v) is 3.82. The molecule has 2 aromatic rings. The van der Waals surface area contributed by atoms with E-state index in [9.17, 15) is 0 Å². The minimum Gasteiger partial charge on any atom is -0.494 e. The smallest absolute Gasteiger partial charge is 0.171 e. The second kappa shape index (κ2) is 8.53. The van der Waals surface area contributed by atoms with E-state index in [0.717, 1.165) is 17.9 Å². The van der Waals surface area contributed by atoms with Gasteiger partial charge in [-0.15, -0.1) is 0 Å². The number of nitrogens with one attached hydrogen (secondary N) is 2. The van der Waals surface area contributed by atoms with E-state index in [-0.39, 0.29) is 6.04 Å². The topological polar surface area (TPSA) is 33.3 Å². The van der Waals surface area contributed by atoms with Crippen molar-refractivity contribution in [3.63, 3.8) is 0 Å². The van der Waals surface area contributed by atoms with Crippen molar-refractivity contribution >= 4 is 23.0 Å². The molecule has 0 spiro atoms. The van der Waals surface area contributed by atoms with Gasteiger partial charge in [0, 0.05) is 11.8 Å². The number of hydrogen-bond acceptors (Lipinski definition) is 2. The Balaban J connectivity index is 1.99. The lowest BCUT2D eigenvalue weighted by Gasteiger charge is -2.20. The van der Waals surface area contributed by atoms with E-state index in [0.29, 0.717) is 11.7 Å². The number of anilines is 1. The van der Waals surface area contributed by atoms with Crippen LogP contribution in [0.25, 0.3) is 0 Å². The van der Waals surface area contributed by atoms with Crippen molar-refractivity contribution in [2.24, 2.45) is 0 Å². The van der Waals surface area contributed by atoms with Gasteiger partial charge in [-0.2, -0.15) is 0 Å². The number of hydrogen-bond donors (Lipinski definition) is 2. The number of rotatable bonds is 6. The van der Waals surface area contributed by atoms with Gasteiger partial charge in [-0.25, -0.2) is 0 Å². The highest BCUT2D eigenvalue weighted by molar-refractivity contribution is 7.80. The molecule has 0 amide bonds. The highest BCUT2D eigenvalue weighted by Gasteiger charge is 2.10. The molecule has 0 aromatic heterocycles. The van der Waals surface area contributed by atoms with Gasteiger partial charge in [-0.3, -0.25) is 0 Å². The quantitative estimate of drug-likeness (QED) is 0.744. The van der Waals surface area contributed by atoms with Gasteiger partial charge in [0.15, 0.2) is 5.11 Å². The maximum atomic E-state index is 5.51. The first-order chi connectivity index (χ1) is 11.1. The molecule has 0 aliphatic carbocycles. The van der Waals surface area contributed by atoms with Gasteiger partial charge in [0.1, 0.15) is 5.75 Å². The third-order valence-electron chi connectivity index (χ3n) is 3.60. The van der Waals surface area contributed by atoms with Crippen LogP contribution in [0.1, 0.15) is 37.4 Å². The van der Waals surface area contributed by atoms with E-state index < -0.39 is 0 Å². The zero-order chi connectivity index (χ0) is 16.7. The van der Waals surface area contributed by atoms with Crippen LogP contribution in [0.3, 0.4) is 0 Å². The predicted octanol–water partition coefficient (Wildman–Crippen LogP) is 4.83. The molecule has 122 valence electrons. The van der Waals surface area contributed by atoms with Gasteiger partial charge in [-0.05, 0) is 50.2 Å². The summed E-state index contributed by atoms with van der Waals surface area (Å²) in [5.74, 6) is 0.839. The summed E-state index contributed by atoms with van der Waals surface area (Å²) in [6.45, 7) is 6.86. The molecular formula is C19H24N2OS. The maximum Gasteiger partial charge on any atom is 0.171 e. The van der Waals surface area contributed by atoms with E-state index in [1.54, 1.807) is 0 Å². The fourth-order valence-corrected chi connectivity index (χ4v) is 2.64. The average Bonchev–Trinajstić information content (AvgIpc) is 2.54. The normalized spacial score (nSPS) is 11.6. The molecular weight excluding hydrogens is 304 g/mol. The van der Waals surface area contributed by atoms with Crippen LogP contribution >= 0.6 is 12.2 Å². The highest BCUT2D eigenvalue weighted by Crippen LogP contribution is 2.19. The van der Waals surface area contributed by atoms with Gasteiger partial charge in [-0.1, -0.05) is 42.8 Å². The van der Waals surface area contributed by atoms with Crippen LogP contribution in [0, 0.1) is 6.92 Å². The molecule has 3 nitrogen and oxygen atoms in total. The van der Waals surface area contributed by atoms with Crippen LogP contribution in [-0.4, -0.2) is 11.7 Å². The Kier molecular flexibility index (Phi) is 6.41. The van der Waals surface area contributed by atoms with Gasteiger partial charge < -0.3 is 15.4 Å². The predicted molar refractivity (Wildman–Crippen MR) is 101 cm³/mol. The van der Waals surface area contributed by atoms with E-state index in [1.807, 2.05) is 31.2 Å². The number of aryl methyl sites for hydroxylation is 1. The molecule has 2 aromatic carbocycles. The Morgan fingerprint density at radius 3 is 2.52 bits per heavy atom. The lowest BCUT2D eigenvalue weighted by Crippen LogP contribution is -2.32. The summed E-state index contributed by atoms with van der Waals surface area (Å²) in [4.78, 5) is 0. The van der Waals surface area contributed by atoms with Gasteiger partial charge in [0.05, 0.1) is 12.6 Å². The molecule has 0 fully saturated rings. The summed E-state index contributed by atoms with van der Waals surface area (Å²) in [7, 11) is 0. The summed E-state index contributed by atoms with van der Waals surface area (Å²) >= 11 is 5.45. The van der Waals surface area contributed by atoms with E-state index in [1.165, 1.54) is 11.1 Å². The second-order valence-corrected chi connectivity index (χ2v) is 5.84. The first kappa shape index (κ1) is 17.3. The molecule has 23 heavy (non-hydrogen) atoms. The van der Waals surface area contributed by atoms with E-state index in [2.05, 4.69) is 48.7 Å². The molecule has 2 N–H and O–H groups in total. The number of thiocarbonyl (C=S) groups is 1. The standard InChI is InChI=1S/C19H24N2OS/c1-4-18(15-11-9-14(3)10-12-15)21-19(23)20-16-7-6-8-17(13-16)22-5-2/h6-13,18H,4-5H2,1-3H3,(H2,20,21,23)/t18-/m1/s1. The van der Waals surface area contributed by atoms with Crippen LogP contribution in [-0.2, 0) is 0 Å². The highest BCUT2D eigenvalue weighted by atomic mass is 32.1. The van der Waals surface area contributed by atoms with Crippen molar-refractivity contribution in [2.45, 2.75) is 33.2 Å². The molecule has 4 heteroatoms. The number of ether oxygens (including phenoxy) is 1. The number of benzene rings is 2. The van der Waals surface area contributed by atoms with E-state index >= 15 is 0 Å². The largest absolute Gasteiger partial charge is 0.494 e. The summed E-state index contributed by atoms with van der Waals surface area (Å²) in [6.07, 6.45) is 0.962. The molecule has 0 unspecified atom stereocenters. The lowest BCUT2D eigenvalue weighted by molar-refractivity contribution is 0.340. The zero-order valence-corrected chi connectivity index (χ0v) is 14.7. The van der Waals surface area contributed by atoms with Crippen molar-refractivity contribution < 1.29 is 4.74 Å². The molecule has 0 saturated carbocycles. The molecule has 0 aliphatic rings. The summed E-state index contributed by atoms with van der Waals surface area (Å²) in [5.41, 5.74) is 3.43. The van der Waals surface area contributed by atoms with Crippen molar-refractivity contribution in [3.8, 4) is 5.75 Å². The van der Waals surface area contributed by atoms with Crippen LogP contribution in [0.5, 0.6) is 5.75 Å². The molecule has 0 bridgehead atoms. The fourth-order valence-electron chi connectivity index (χ4n) is 2.38. The van der Waals surface area contributed by atoms with Crippen LogP contribution < -0.4 is 15.4 Å². The Bertz CT molecular complexity index is 640. The van der Waals surface area contributed by atoms with Gasteiger partial charge in [0.25, 0.3) is 0 Å². The minimum absolute atomic E-state index is 0.200. The maximum absolute atomic E-state index is 5.51. The minimum atomic E-state index is 0.200. The lowest BCUT2D eigenvalue weighted by atomic mass is 10.0. The molecule has 1 atom stereocenters. The van der Waals surface area contributed by atoms with Gasteiger partial charge in [0.2, 0.25) is 0 Å². The van der Waals surface area contributed by atoms with Crippen molar-refractivity contribution in [2.75, 3.05) is 11.9 Å². The van der Waals surface area contributed by atoms with Crippen molar-refractivity contribution in [1.29, 1.82) is 0 Å². The van der Waals surface area contributed by atoms with Crippen molar-refractivity contribution in [3.05, 3.63) is 59.7 Å². The molecule has 0 saturated heterocycles. The van der Waals surface area contributed by atoms with Gasteiger partial charge >= 0.3 is 0 Å². The van der Waals surface area contributed by atoms with Crippen LogP contribution in [0.2, 0.25) is 0 Å². The second-order valence-electron chi connectivity index (χ2n) is 5.43.